The number of aromatic nitrogens is 2. The smallest absolute Gasteiger partial charge is 0.242 e. The highest BCUT2D eigenvalue weighted by molar-refractivity contribution is 6.28. The fourth-order valence-electron chi connectivity index (χ4n) is 2.61. The minimum Gasteiger partial charge on any atom is -0.471 e. The summed E-state index contributed by atoms with van der Waals surface area (Å²) >= 11 is 5.95. The Hall–Kier alpha value is -2.64. The summed E-state index contributed by atoms with van der Waals surface area (Å²) in [6.45, 7) is 3.02. The average Bonchev–Trinajstić information content (AvgIpc) is 2.66. The predicted molar refractivity (Wildman–Crippen MR) is 99.1 cm³/mol. The molecular weight excluding hydrogens is 356 g/mol. The van der Waals surface area contributed by atoms with Crippen LogP contribution in [0.15, 0.2) is 36.5 Å². The lowest BCUT2D eigenvalue weighted by Gasteiger charge is -2.29. The molecule has 1 aromatic heterocycles. The lowest BCUT2D eigenvalue weighted by atomic mass is 10.1. The first-order valence-corrected chi connectivity index (χ1v) is 8.55. The van der Waals surface area contributed by atoms with E-state index in [9.17, 15) is 4.79 Å². The average molecular weight is 375 g/mol. The zero-order chi connectivity index (χ0) is 18.4. The van der Waals surface area contributed by atoms with Crippen LogP contribution in [0.4, 0.5) is 5.69 Å². The molecule has 1 aliphatic rings. The van der Waals surface area contributed by atoms with E-state index < -0.39 is 5.91 Å². The first-order valence-electron chi connectivity index (χ1n) is 8.17. The lowest BCUT2D eigenvalue weighted by molar-refractivity contribution is -0.113. The van der Waals surface area contributed by atoms with Gasteiger partial charge in [-0.1, -0.05) is 24.3 Å². The van der Waals surface area contributed by atoms with E-state index >= 15 is 0 Å². The number of morpholine rings is 1. The Bertz CT molecular complexity index is 807. The minimum atomic E-state index is -0.502. The number of rotatable bonds is 6. The number of benzene rings is 1. The molecule has 0 unspecified atom stereocenters. The highest BCUT2D eigenvalue weighted by Gasteiger charge is 2.18. The van der Waals surface area contributed by atoms with E-state index in [4.69, 9.17) is 26.8 Å². The maximum atomic E-state index is 11.0. The van der Waals surface area contributed by atoms with Gasteiger partial charge in [-0.15, -0.1) is 0 Å². The molecule has 26 heavy (non-hydrogen) atoms. The van der Waals surface area contributed by atoms with Crippen molar-refractivity contribution < 1.29 is 14.3 Å². The van der Waals surface area contributed by atoms with Crippen molar-refractivity contribution in [2.24, 2.45) is 5.73 Å². The highest BCUT2D eigenvalue weighted by atomic mass is 35.5. The van der Waals surface area contributed by atoms with E-state index in [-0.39, 0.29) is 11.9 Å². The van der Waals surface area contributed by atoms with Crippen molar-refractivity contribution in [1.29, 1.82) is 0 Å². The Morgan fingerprint density at radius 1 is 1.35 bits per heavy atom. The summed E-state index contributed by atoms with van der Waals surface area (Å²) in [7, 11) is 0. The Kier molecular flexibility index (Phi) is 6.04. The van der Waals surface area contributed by atoms with E-state index in [1.165, 1.54) is 6.08 Å². The molecule has 0 saturated carbocycles. The van der Waals surface area contributed by atoms with E-state index in [1.54, 1.807) is 12.3 Å². The number of nitrogens with two attached hydrogens (primary N) is 1. The molecule has 1 aromatic carbocycles. The van der Waals surface area contributed by atoms with Crippen molar-refractivity contribution in [2.75, 3.05) is 31.2 Å². The summed E-state index contributed by atoms with van der Waals surface area (Å²) in [5, 5.41) is 0.124. The van der Waals surface area contributed by atoms with Gasteiger partial charge in [-0.3, -0.25) is 4.79 Å². The summed E-state index contributed by atoms with van der Waals surface area (Å²) < 4.78 is 11.3. The molecule has 7 nitrogen and oxygen atoms in total. The molecule has 1 fully saturated rings. The third kappa shape index (κ3) is 4.71. The van der Waals surface area contributed by atoms with E-state index in [0.29, 0.717) is 19.1 Å². The van der Waals surface area contributed by atoms with Gasteiger partial charge < -0.3 is 20.1 Å². The number of anilines is 1. The number of ether oxygens (including phenoxy) is 2. The molecule has 0 atom stereocenters. The summed E-state index contributed by atoms with van der Waals surface area (Å²) in [6.07, 6.45) is 4.64. The fourth-order valence-corrected chi connectivity index (χ4v) is 2.74. The molecule has 1 saturated heterocycles. The van der Waals surface area contributed by atoms with Gasteiger partial charge in [-0.2, -0.15) is 4.98 Å². The van der Waals surface area contributed by atoms with Crippen molar-refractivity contribution in [1.82, 2.24) is 9.97 Å². The third-order valence-corrected chi connectivity index (χ3v) is 4.09. The van der Waals surface area contributed by atoms with Gasteiger partial charge in [0.25, 0.3) is 0 Å². The molecular formula is C18H19ClN4O3. The highest BCUT2D eigenvalue weighted by Crippen LogP contribution is 2.28. The van der Waals surface area contributed by atoms with E-state index in [0.717, 1.165) is 29.9 Å². The number of carbonyl (C=O) groups is 1. The van der Waals surface area contributed by atoms with Crippen LogP contribution < -0.4 is 15.4 Å². The van der Waals surface area contributed by atoms with Crippen LogP contribution in [-0.2, 0) is 16.1 Å². The maximum absolute atomic E-state index is 11.0. The largest absolute Gasteiger partial charge is 0.471 e. The molecule has 2 heterocycles. The van der Waals surface area contributed by atoms with Crippen LogP contribution in [0.1, 0.15) is 11.1 Å². The van der Waals surface area contributed by atoms with Crippen LogP contribution >= 0.6 is 11.6 Å². The van der Waals surface area contributed by atoms with Crippen LogP contribution in [0.2, 0.25) is 5.28 Å². The number of nitrogens with zero attached hydrogens (tertiary/aromatic N) is 3. The van der Waals surface area contributed by atoms with Crippen LogP contribution in [0.3, 0.4) is 0 Å². The number of primary amides is 1. The topological polar surface area (TPSA) is 90.6 Å². The second kappa shape index (κ2) is 8.64. The standard InChI is InChI=1S/C18H19ClN4O3/c19-18-21-11-15(23-7-9-25-10-8-23)17(22-18)26-12-14-4-2-1-3-13(14)5-6-16(20)24/h1-6,11H,7-10,12H2,(H2,20,24). The molecule has 2 aromatic rings. The monoisotopic (exact) mass is 374 g/mol. The van der Waals surface area contributed by atoms with Gasteiger partial charge in [0.1, 0.15) is 12.3 Å². The number of hydrogen-bond acceptors (Lipinski definition) is 6. The first-order chi connectivity index (χ1) is 12.6. The quantitative estimate of drug-likeness (QED) is 0.614. The molecule has 2 N–H and O–H groups in total. The molecule has 0 spiro atoms. The van der Waals surface area contributed by atoms with Crippen molar-refractivity contribution in [3.05, 3.63) is 52.9 Å². The van der Waals surface area contributed by atoms with E-state index in [2.05, 4.69) is 14.9 Å². The van der Waals surface area contributed by atoms with E-state index in [1.807, 2.05) is 24.3 Å². The van der Waals surface area contributed by atoms with Crippen LogP contribution in [0.5, 0.6) is 5.88 Å². The second-order valence-corrected chi connectivity index (χ2v) is 5.99. The maximum Gasteiger partial charge on any atom is 0.242 e. The van der Waals surface area contributed by atoms with Gasteiger partial charge in [0.15, 0.2) is 0 Å². The molecule has 136 valence electrons. The zero-order valence-corrected chi connectivity index (χ0v) is 14.9. The van der Waals surface area contributed by atoms with Gasteiger partial charge >= 0.3 is 0 Å². The van der Waals surface area contributed by atoms with Gasteiger partial charge in [0, 0.05) is 19.2 Å². The van der Waals surface area contributed by atoms with Crippen molar-refractivity contribution >= 4 is 29.3 Å². The molecule has 1 amide bonds. The first kappa shape index (κ1) is 18.2. The fraction of sp³-hybridized carbons (Fsp3) is 0.278. The Morgan fingerprint density at radius 2 is 2.12 bits per heavy atom. The number of carbonyl (C=O) groups excluding carboxylic acids is 1. The number of hydrogen-bond donors (Lipinski definition) is 1. The van der Waals surface area contributed by atoms with Crippen molar-refractivity contribution in [3.8, 4) is 5.88 Å². The molecule has 8 heteroatoms. The van der Waals surface area contributed by atoms with Crippen LogP contribution in [0, 0.1) is 0 Å². The van der Waals surface area contributed by atoms with Crippen LogP contribution in [-0.4, -0.2) is 42.2 Å². The predicted octanol–water partition coefficient (Wildman–Crippen LogP) is 2.04. The van der Waals surface area contributed by atoms with Crippen molar-refractivity contribution in [2.45, 2.75) is 6.61 Å². The van der Waals surface area contributed by atoms with Crippen LogP contribution in [0.25, 0.3) is 6.08 Å². The van der Waals surface area contributed by atoms with Gasteiger partial charge in [0.05, 0.1) is 19.4 Å². The number of halogens is 1. The normalized spacial score (nSPS) is 14.6. The summed E-state index contributed by atoms with van der Waals surface area (Å²) in [5.74, 6) is -0.0847. The van der Waals surface area contributed by atoms with Gasteiger partial charge in [0.2, 0.25) is 17.1 Å². The van der Waals surface area contributed by atoms with Crippen molar-refractivity contribution in [3.63, 3.8) is 0 Å². The molecule has 3 rings (SSSR count). The SMILES string of the molecule is NC(=O)C=Cc1ccccc1COc1nc(Cl)ncc1N1CCOCC1. The second-order valence-electron chi connectivity index (χ2n) is 5.65. The Labute approximate surface area is 156 Å². The summed E-state index contributed by atoms with van der Waals surface area (Å²) in [6, 6.07) is 7.58. The molecule has 0 aliphatic carbocycles. The Balaban J connectivity index is 1.80. The summed E-state index contributed by atoms with van der Waals surface area (Å²) in [4.78, 5) is 21.4. The number of amides is 1. The molecule has 0 radical (unpaired) electrons. The van der Waals surface area contributed by atoms with Gasteiger partial charge in [-0.25, -0.2) is 4.98 Å². The molecule has 1 aliphatic heterocycles. The Morgan fingerprint density at radius 3 is 2.88 bits per heavy atom. The summed E-state index contributed by atoms with van der Waals surface area (Å²) in [5.41, 5.74) is 7.69. The van der Waals surface area contributed by atoms with Gasteiger partial charge in [-0.05, 0) is 28.8 Å². The molecule has 0 bridgehead atoms. The zero-order valence-electron chi connectivity index (χ0n) is 14.1. The lowest BCUT2D eigenvalue weighted by Crippen LogP contribution is -2.36. The minimum absolute atomic E-state index is 0.124. The third-order valence-electron chi connectivity index (χ3n) is 3.90.